The van der Waals surface area contributed by atoms with Crippen molar-refractivity contribution in [3.05, 3.63) is 76.9 Å². The van der Waals surface area contributed by atoms with Crippen LogP contribution in [0.1, 0.15) is 32.9 Å². The average molecular weight is 399 g/mol. The SMILES string of the molecule is CN(C)C=O.Cc1c(C#N)c(-c2ccc(C#N)cc2)c(C=O)n1Cc1cccnc1. The third-order valence-electron chi connectivity index (χ3n) is 4.36. The van der Waals surface area contributed by atoms with Crippen LogP contribution in [-0.4, -0.2) is 41.2 Å². The van der Waals surface area contributed by atoms with Crippen molar-refractivity contribution in [1.29, 1.82) is 10.5 Å². The van der Waals surface area contributed by atoms with Crippen LogP contribution >= 0.6 is 0 Å². The first-order chi connectivity index (χ1) is 14.5. The maximum absolute atomic E-state index is 11.8. The second-order valence-corrected chi connectivity index (χ2v) is 6.66. The summed E-state index contributed by atoms with van der Waals surface area (Å²) in [5, 5.41) is 18.6. The Morgan fingerprint density at radius 1 is 1.10 bits per heavy atom. The topological polar surface area (TPSA) is 103 Å². The van der Waals surface area contributed by atoms with Gasteiger partial charge in [-0.3, -0.25) is 14.6 Å². The van der Waals surface area contributed by atoms with Gasteiger partial charge >= 0.3 is 0 Å². The fourth-order valence-corrected chi connectivity index (χ4v) is 2.90. The van der Waals surface area contributed by atoms with E-state index in [0.717, 1.165) is 29.5 Å². The second-order valence-electron chi connectivity index (χ2n) is 6.66. The zero-order valence-electron chi connectivity index (χ0n) is 17.0. The molecule has 30 heavy (non-hydrogen) atoms. The molecule has 0 fully saturated rings. The third kappa shape index (κ3) is 4.98. The standard InChI is InChI=1S/C20H14N4O.C3H7NO/c1-14-18(10-22)20(17-6-4-15(9-21)5-7-17)19(13-25)24(14)12-16-3-2-8-23-11-16;1-4(2)3-5/h2-8,11,13H,12H2,1H3;3H,1-2H3. The molecule has 0 spiro atoms. The average Bonchev–Trinajstić information content (AvgIpc) is 3.05. The maximum Gasteiger partial charge on any atom is 0.209 e. The number of rotatable bonds is 5. The van der Waals surface area contributed by atoms with Crippen molar-refractivity contribution in [2.75, 3.05) is 14.1 Å². The van der Waals surface area contributed by atoms with Crippen molar-refractivity contribution in [2.24, 2.45) is 0 Å². The molecule has 150 valence electrons. The number of aromatic nitrogens is 2. The smallest absolute Gasteiger partial charge is 0.209 e. The minimum atomic E-state index is 0.447. The van der Waals surface area contributed by atoms with E-state index in [4.69, 9.17) is 5.26 Å². The van der Waals surface area contributed by atoms with Gasteiger partial charge < -0.3 is 9.47 Å². The van der Waals surface area contributed by atoms with Gasteiger partial charge in [-0.1, -0.05) is 18.2 Å². The number of carbonyl (C=O) groups excluding carboxylic acids is 2. The van der Waals surface area contributed by atoms with Crippen LogP contribution in [0.4, 0.5) is 0 Å². The number of hydrogen-bond acceptors (Lipinski definition) is 5. The molecule has 0 aliphatic heterocycles. The van der Waals surface area contributed by atoms with Gasteiger partial charge in [-0.05, 0) is 36.2 Å². The molecule has 0 radical (unpaired) electrons. The highest BCUT2D eigenvalue weighted by atomic mass is 16.1. The monoisotopic (exact) mass is 399 g/mol. The number of aldehydes is 1. The summed E-state index contributed by atoms with van der Waals surface area (Å²) in [6, 6.07) is 14.9. The zero-order valence-corrected chi connectivity index (χ0v) is 17.0. The lowest BCUT2D eigenvalue weighted by molar-refractivity contribution is -0.115. The molecule has 0 aliphatic rings. The Morgan fingerprint density at radius 2 is 1.77 bits per heavy atom. The molecule has 0 unspecified atom stereocenters. The van der Waals surface area contributed by atoms with E-state index < -0.39 is 0 Å². The van der Waals surface area contributed by atoms with E-state index in [2.05, 4.69) is 17.1 Å². The van der Waals surface area contributed by atoms with Crippen LogP contribution in [-0.2, 0) is 11.3 Å². The lowest BCUT2D eigenvalue weighted by atomic mass is 10.00. The number of benzene rings is 1. The molecular formula is C23H21N5O2. The summed E-state index contributed by atoms with van der Waals surface area (Å²) in [4.78, 5) is 26.8. The zero-order chi connectivity index (χ0) is 22.1. The molecule has 0 bridgehead atoms. The first-order valence-corrected chi connectivity index (χ1v) is 9.06. The van der Waals surface area contributed by atoms with Gasteiger partial charge in [-0.15, -0.1) is 0 Å². The van der Waals surface area contributed by atoms with Crippen LogP contribution in [0.3, 0.4) is 0 Å². The molecule has 0 N–H and O–H groups in total. The summed E-state index contributed by atoms with van der Waals surface area (Å²) >= 11 is 0. The highest BCUT2D eigenvalue weighted by molar-refractivity contribution is 5.90. The van der Waals surface area contributed by atoms with Crippen molar-refractivity contribution >= 4 is 12.7 Å². The lowest BCUT2D eigenvalue weighted by Crippen LogP contribution is -2.06. The summed E-state index contributed by atoms with van der Waals surface area (Å²) in [5.74, 6) is 0. The van der Waals surface area contributed by atoms with Crippen molar-refractivity contribution in [1.82, 2.24) is 14.5 Å². The summed E-state index contributed by atoms with van der Waals surface area (Å²) < 4.78 is 1.83. The number of nitrogens with zero attached hydrogens (tertiary/aromatic N) is 5. The third-order valence-corrected chi connectivity index (χ3v) is 4.36. The Hall–Kier alpha value is -4.23. The van der Waals surface area contributed by atoms with Gasteiger partial charge in [0.15, 0.2) is 6.29 Å². The van der Waals surface area contributed by atoms with Crippen LogP contribution in [0, 0.1) is 29.6 Å². The molecule has 0 atom stereocenters. The largest absolute Gasteiger partial charge is 0.351 e. The van der Waals surface area contributed by atoms with E-state index in [0.29, 0.717) is 28.9 Å². The van der Waals surface area contributed by atoms with Crippen LogP contribution in [0.5, 0.6) is 0 Å². The van der Waals surface area contributed by atoms with Crippen molar-refractivity contribution < 1.29 is 9.59 Å². The molecular weight excluding hydrogens is 378 g/mol. The van der Waals surface area contributed by atoms with Gasteiger partial charge in [0.2, 0.25) is 6.41 Å². The Labute approximate surface area is 175 Å². The Bertz CT molecular complexity index is 1100. The van der Waals surface area contributed by atoms with Crippen molar-refractivity contribution in [3.8, 4) is 23.3 Å². The van der Waals surface area contributed by atoms with E-state index in [9.17, 15) is 14.9 Å². The van der Waals surface area contributed by atoms with Gasteiger partial charge in [0.25, 0.3) is 0 Å². The molecule has 7 nitrogen and oxygen atoms in total. The van der Waals surface area contributed by atoms with E-state index in [1.807, 2.05) is 23.6 Å². The van der Waals surface area contributed by atoms with E-state index in [1.54, 1.807) is 50.8 Å². The van der Waals surface area contributed by atoms with Gasteiger partial charge in [0.05, 0.1) is 22.9 Å². The molecule has 7 heteroatoms. The minimum absolute atomic E-state index is 0.447. The van der Waals surface area contributed by atoms with Gasteiger partial charge in [0, 0.05) is 44.3 Å². The Morgan fingerprint density at radius 3 is 2.23 bits per heavy atom. The number of nitriles is 2. The number of pyridine rings is 1. The maximum atomic E-state index is 11.8. The van der Waals surface area contributed by atoms with Crippen LogP contribution < -0.4 is 0 Å². The van der Waals surface area contributed by atoms with Crippen LogP contribution in [0.15, 0.2) is 48.8 Å². The second kappa shape index (κ2) is 10.4. The highest BCUT2D eigenvalue weighted by Gasteiger charge is 2.21. The predicted octanol–water partition coefficient (Wildman–Crippen LogP) is 3.17. The van der Waals surface area contributed by atoms with E-state index in [-0.39, 0.29) is 0 Å². The molecule has 2 aromatic heterocycles. The summed E-state index contributed by atoms with van der Waals surface area (Å²) in [7, 11) is 3.38. The summed E-state index contributed by atoms with van der Waals surface area (Å²) in [5.41, 5.74) is 4.46. The first-order valence-electron chi connectivity index (χ1n) is 9.06. The fraction of sp³-hybridized carbons (Fsp3) is 0.174. The van der Waals surface area contributed by atoms with Gasteiger partial charge in [-0.25, -0.2) is 0 Å². The van der Waals surface area contributed by atoms with Crippen molar-refractivity contribution in [3.63, 3.8) is 0 Å². The molecule has 1 amide bonds. The molecule has 0 saturated heterocycles. The lowest BCUT2D eigenvalue weighted by Gasteiger charge is -2.09. The summed E-state index contributed by atoms with van der Waals surface area (Å²) in [6.45, 7) is 2.29. The molecule has 0 saturated carbocycles. The number of hydrogen-bond donors (Lipinski definition) is 0. The molecule has 1 aromatic carbocycles. The van der Waals surface area contributed by atoms with Gasteiger partial charge in [-0.2, -0.15) is 10.5 Å². The van der Waals surface area contributed by atoms with Crippen LogP contribution in [0.2, 0.25) is 0 Å². The Balaban J connectivity index is 0.000000575. The van der Waals surface area contributed by atoms with E-state index >= 15 is 0 Å². The minimum Gasteiger partial charge on any atom is -0.351 e. The highest BCUT2D eigenvalue weighted by Crippen LogP contribution is 2.32. The molecule has 3 aromatic rings. The first kappa shape index (κ1) is 22.1. The quantitative estimate of drug-likeness (QED) is 0.613. The predicted molar refractivity (Wildman–Crippen MR) is 113 cm³/mol. The van der Waals surface area contributed by atoms with Gasteiger partial charge in [0.1, 0.15) is 6.07 Å². The normalized spacial score (nSPS) is 9.50. The van der Waals surface area contributed by atoms with Crippen molar-refractivity contribution in [2.45, 2.75) is 13.5 Å². The number of amides is 1. The van der Waals surface area contributed by atoms with E-state index in [1.165, 1.54) is 4.90 Å². The number of carbonyl (C=O) groups is 2. The molecule has 2 heterocycles. The fourth-order valence-electron chi connectivity index (χ4n) is 2.90. The summed E-state index contributed by atoms with van der Waals surface area (Å²) in [6.07, 6.45) is 4.95. The van der Waals surface area contributed by atoms with Crippen LogP contribution in [0.25, 0.3) is 11.1 Å². The molecule has 3 rings (SSSR count). The Kier molecular flexibility index (Phi) is 7.61. The molecule has 0 aliphatic carbocycles.